The minimum Gasteiger partial charge on any atom is -0.494 e. The number of benzene rings is 1. The summed E-state index contributed by atoms with van der Waals surface area (Å²) in [6.45, 7) is 5.30. The fraction of sp³-hybridized carbons (Fsp3) is 0.655. The molecular formula is C29H44N2O. The van der Waals surface area contributed by atoms with Crippen LogP contribution in [-0.4, -0.2) is 16.6 Å². The lowest BCUT2D eigenvalue weighted by molar-refractivity contribution is 0.306. The molecule has 0 saturated heterocycles. The summed E-state index contributed by atoms with van der Waals surface area (Å²) in [5, 5.41) is 0. The SMILES string of the molecule is CCCCCCCCCCC1CCc2nc(-c3ccc(OCCCCC)cc3)ncc2C1. The molecule has 1 aliphatic carbocycles. The summed E-state index contributed by atoms with van der Waals surface area (Å²) in [5.74, 6) is 2.61. The zero-order valence-corrected chi connectivity index (χ0v) is 20.6. The average Bonchev–Trinajstić information content (AvgIpc) is 2.83. The summed E-state index contributed by atoms with van der Waals surface area (Å²) in [6.07, 6.45) is 21.8. The number of aryl methyl sites for hydroxylation is 1. The van der Waals surface area contributed by atoms with Crippen molar-refractivity contribution in [3.63, 3.8) is 0 Å². The number of unbranched alkanes of at least 4 members (excludes halogenated alkanes) is 9. The van der Waals surface area contributed by atoms with Crippen LogP contribution >= 0.6 is 0 Å². The van der Waals surface area contributed by atoms with Gasteiger partial charge in [0.25, 0.3) is 0 Å². The standard InChI is InChI=1S/C29H44N2O/c1-3-5-7-8-9-10-11-12-14-24-15-20-28-26(22-24)23-30-29(31-28)25-16-18-27(19-17-25)32-21-13-6-4-2/h16-19,23-24H,3-15,20-22H2,1-2H3. The largest absolute Gasteiger partial charge is 0.494 e. The normalized spacial score (nSPS) is 15.5. The van der Waals surface area contributed by atoms with Gasteiger partial charge in [-0.25, -0.2) is 9.97 Å². The highest BCUT2D eigenvalue weighted by Crippen LogP contribution is 2.29. The number of hydrogen-bond donors (Lipinski definition) is 0. The molecule has 1 heterocycles. The van der Waals surface area contributed by atoms with E-state index < -0.39 is 0 Å². The van der Waals surface area contributed by atoms with Gasteiger partial charge in [0.1, 0.15) is 5.75 Å². The summed E-state index contributed by atoms with van der Waals surface area (Å²) in [5.41, 5.74) is 3.72. The predicted octanol–water partition coefficient (Wildman–Crippen LogP) is 8.35. The fourth-order valence-corrected chi connectivity index (χ4v) is 4.78. The van der Waals surface area contributed by atoms with Crippen LogP contribution in [0.4, 0.5) is 0 Å². The van der Waals surface area contributed by atoms with E-state index in [0.29, 0.717) is 0 Å². The predicted molar refractivity (Wildman–Crippen MR) is 135 cm³/mol. The Labute approximate surface area is 196 Å². The van der Waals surface area contributed by atoms with Gasteiger partial charge in [0.15, 0.2) is 5.82 Å². The van der Waals surface area contributed by atoms with Crippen LogP contribution < -0.4 is 4.74 Å². The lowest BCUT2D eigenvalue weighted by atomic mass is 9.84. The molecule has 0 amide bonds. The second-order valence-corrected chi connectivity index (χ2v) is 9.62. The minimum absolute atomic E-state index is 0.794. The molecule has 2 aromatic rings. The molecule has 0 N–H and O–H groups in total. The molecule has 0 aliphatic heterocycles. The number of nitrogens with zero attached hydrogens (tertiary/aromatic N) is 2. The number of aromatic nitrogens is 2. The number of fused-ring (bicyclic) bond motifs is 1. The molecule has 1 unspecified atom stereocenters. The highest BCUT2D eigenvalue weighted by Gasteiger charge is 2.20. The van der Waals surface area contributed by atoms with Crippen LogP contribution in [0.25, 0.3) is 11.4 Å². The van der Waals surface area contributed by atoms with Crippen LogP contribution in [0.15, 0.2) is 30.5 Å². The van der Waals surface area contributed by atoms with E-state index in [9.17, 15) is 0 Å². The van der Waals surface area contributed by atoms with Crippen molar-refractivity contribution in [2.75, 3.05) is 6.61 Å². The lowest BCUT2D eigenvalue weighted by Gasteiger charge is -2.24. The topological polar surface area (TPSA) is 35.0 Å². The molecule has 3 rings (SSSR count). The Balaban J connectivity index is 1.42. The number of rotatable bonds is 15. The van der Waals surface area contributed by atoms with Crippen molar-refractivity contribution in [2.45, 2.75) is 110 Å². The zero-order valence-electron chi connectivity index (χ0n) is 20.6. The second-order valence-electron chi connectivity index (χ2n) is 9.62. The van der Waals surface area contributed by atoms with E-state index in [1.54, 1.807) is 0 Å². The van der Waals surface area contributed by atoms with Crippen LogP contribution in [0.2, 0.25) is 0 Å². The molecule has 0 saturated carbocycles. The smallest absolute Gasteiger partial charge is 0.159 e. The molecule has 0 radical (unpaired) electrons. The molecular weight excluding hydrogens is 392 g/mol. The summed E-state index contributed by atoms with van der Waals surface area (Å²) in [4.78, 5) is 9.63. The first-order chi connectivity index (χ1) is 15.8. The van der Waals surface area contributed by atoms with E-state index in [-0.39, 0.29) is 0 Å². The summed E-state index contributed by atoms with van der Waals surface area (Å²) >= 11 is 0. The lowest BCUT2D eigenvalue weighted by Crippen LogP contribution is -2.16. The van der Waals surface area contributed by atoms with Crippen molar-refractivity contribution in [1.82, 2.24) is 9.97 Å². The molecule has 1 aromatic carbocycles. The van der Waals surface area contributed by atoms with E-state index in [1.165, 1.54) is 88.3 Å². The van der Waals surface area contributed by atoms with E-state index in [2.05, 4.69) is 32.2 Å². The quantitative estimate of drug-likeness (QED) is 0.263. The zero-order chi connectivity index (χ0) is 22.4. The van der Waals surface area contributed by atoms with Crippen LogP contribution in [0, 0.1) is 5.92 Å². The molecule has 0 bridgehead atoms. The summed E-state index contributed by atoms with van der Waals surface area (Å²) in [7, 11) is 0. The first kappa shape index (κ1) is 24.7. The van der Waals surface area contributed by atoms with Crippen molar-refractivity contribution in [1.29, 1.82) is 0 Å². The van der Waals surface area contributed by atoms with E-state index >= 15 is 0 Å². The Kier molecular flexibility index (Phi) is 11.0. The monoisotopic (exact) mass is 436 g/mol. The van der Waals surface area contributed by atoms with Crippen LogP contribution in [0.5, 0.6) is 5.75 Å². The van der Waals surface area contributed by atoms with Gasteiger partial charge in [0.2, 0.25) is 0 Å². The van der Waals surface area contributed by atoms with Crippen LogP contribution in [0.3, 0.4) is 0 Å². The maximum absolute atomic E-state index is 5.83. The van der Waals surface area contributed by atoms with Gasteiger partial charge in [-0.1, -0.05) is 84.5 Å². The third kappa shape index (κ3) is 8.22. The second kappa shape index (κ2) is 14.3. The maximum atomic E-state index is 5.83. The molecule has 176 valence electrons. The molecule has 1 aliphatic rings. The van der Waals surface area contributed by atoms with Gasteiger partial charge in [0, 0.05) is 17.5 Å². The molecule has 0 fully saturated rings. The molecule has 1 aromatic heterocycles. The molecule has 32 heavy (non-hydrogen) atoms. The van der Waals surface area contributed by atoms with Crippen molar-refractivity contribution in [2.24, 2.45) is 5.92 Å². The molecule has 0 spiro atoms. The van der Waals surface area contributed by atoms with E-state index in [0.717, 1.165) is 48.9 Å². The fourth-order valence-electron chi connectivity index (χ4n) is 4.78. The number of ether oxygens (including phenoxy) is 1. The van der Waals surface area contributed by atoms with Crippen molar-refractivity contribution in [3.8, 4) is 17.1 Å². The Bertz CT molecular complexity index is 771. The first-order valence-corrected chi connectivity index (χ1v) is 13.4. The van der Waals surface area contributed by atoms with Gasteiger partial charge >= 0.3 is 0 Å². The van der Waals surface area contributed by atoms with Gasteiger partial charge in [-0.15, -0.1) is 0 Å². The highest BCUT2D eigenvalue weighted by atomic mass is 16.5. The van der Waals surface area contributed by atoms with Crippen LogP contribution in [-0.2, 0) is 12.8 Å². The summed E-state index contributed by atoms with van der Waals surface area (Å²) in [6, 6.07) is 8.27. The van der Waals surface area contributed by atoms with Gasteiger partial charge in [-0.3, -0.25) is 0 Å². The van der Waals surface area contributed by atoms with Gasteiger partial charge < -0.3 is 4.74 Å². The Morgan fingerprint density at radius 2 is 1.53 bits per heavy atom. The Morgan fingerprint density at radius 1 is 0.844 bits per heavy atom. The van der Waals surface area contributed by atoms with Gasteiger partial charge in [0.05, 0.1) is 6.61 Å². The molecule has 3 nitrogen and oxygen atoms in total. The molecule has 1 atom stereocenters. The van der Waals surface area contributed by atoms with E-state index in [4.69, 9.17) is 14.7 Å². The third-order valence-corrected chi connectivity index (χ3v) is 6.85. The van der Waals surface area contributed by atoms with Crippen molar-refractivity contribution < 1.29 is 4.74 Å². The van der Waals surface area contributed by atoms with Gasteiger partial charge in [-0.2, -0.15) is 0 Å². The van der Waals surface area contributed by atoms with Crippen molar-refractivity contribution in [3.05, 3.63) is 41.7 Å². The first-order valence-electron chi connectivity index (χ1n) is 13.4. The number of hydrogen-bond acceptors (Lipinski definition) is 3. The van der Waals surface area contributed by atoms with Crippen LogP contribution in [0.1, 0.15) is 109 Å². The van der Waals surface area contributed by atoms with Gasteiger partial charge in [-0.05, 0) is 61.4 Å². The maximum Gasteiger partial charge on any atom is 0.159 e. The van der Waals surface area contributed by atoms with Crippen molar-refractivity contribution >= 4 is 0 Å². The highest BCUT2D eigenvalue weighted by molar-refractivity contribution is 5.56. The Morgan fingerprint density at radius 3 is 2.28 bits per heavy atom. The average molecular weight is 437 g/mol. The Hall–Kier alpha value is -1.90. The minimum atomic E-state index is 0.794. The molecule has 3 heteroatoms. The third-order valence-electron chi connectivity index (χ3n) is 6.85. The summed E-state index contributed by atoms with van der Waals surface area (Å²) < 4.78 is 5.83. The van der Waals surface area contributed by atoms with E-state index in [1.807, 2.05) is 12.1 Å².